The van der Waals surface area contributed by atoms with Crippen LogP contribution in [0.25, 0.3) is 16.8 Å². The summed E-state index contributed by atoms with van der Waals surface area (Å²) in [7, 11) is 0. The molecule has 4 rings (SSSR count). The van der Waals surface area contributed by atoms with Gasteiger partial charge in [0.1, 0.15) is 5.03 Å². The molecule has 0 amide bonds. The largest absolute Gasteiger partial charge is 0.246 e. The number of thioether (sulfide) groups is 1. The van der Waals surface area contributed by atoms with Crippen LogP contribution in [0.1, 0.15) is 11.1 Å². The van der Waals surface area contributed by atoms with Crippen LogP contribution in [0.4, 0.5) is 0 Å². The van der Waals surface area contributed by atoms with E-state index in [1.54, 1.807) is 11.8 Å². The highest BCUT2D eigenvalue weighted by atomic mass is 32.2. The summed E-state index contributed by atoms with van der Waals surface area (Å²) >= 11 is 1.75. The van der Waals surface area contributed by atoms with Gasteiger partial charge in [-0.3, -0.25) is 0 Å². The van der Waals surface area contributed by atoms with Crippen LogP contribution in [0.2, 0.25) is 0 Å². The van der Waals surface area contributed by atoms with Crippen molar-refractivity contribution in [2.75, 3.05) is 0 Å². The highest BCUT2D eigenvalue weighted by molar-refractivity contribution is 7.98. The molecule has 0 atom stereocenters. The van der Waals surface area contributed by atoms with Gasteiger partial charge in [-0.1, -0.05) is 71.9 Å². The molecule has 0 aliphatic carbocycles. The zero-order valence-corrected chi connectivity index (χ0v) is 14.2. The second-order valence-corrected chi connectivity index (χ2v) is 6.70. The molecule has 0 saturated heterocycles. The first kappa shape index (κ1) is 15.0. The van der Waals surface area contributed by atoms with Crippen molar-refractivity contribution < 1.29 is 0 Å². The highest BCUT2D eigenvalue weighted by Crippen LogP contribution is 2.28. The maximum Gasteiger partial charge on any atom is 0.122 e. The summed E-state index contributed by atoms with van der Waals surface area (Å²) in [5.74, 6) is 0.903. The van der Waals surface area contributed by atoms with Crippen molar-refractivity contribution in [2.45, 2.75) is 17.7 Å². The molecule has 0 aliphatic rings. The predicted molar refractivity (Wildman–Crippen MR) is 99.2 cm³/mol. The smallest absolute Gasteiger partial charge is 0.122 e. The third kappa shape index (κ3) is 3.05. The van der Waals surface area contributed by atoms with E-state index in [4.69, 9.17) is 0 Å². The molecule has 0 spiro atoms. The third-order valence-corrected chi connectivity index (χ3v) is 4.95. The number of hydrogen-bond donors (Lipinski definition) is 0. The lowest BCUT2D eigenvalue weighted by Crippen LogP contribution is -1.91. The Balaban J connectivity index is 1.65. The standard InChI is InChI=1S/C20H17N3S/c1-15-6-5-7-16(12-15)14-24-20-19-13-18(17-8-3-2-4-9-17)22-23(19)11-10-21-20/h2-13H,14H2,1H3. The topological polar surface area (TPSA) is 30.2 Å². The fourth-order valence-corrected chi connectivity index (χ4v) is 3.63. The van der Waals surface area contributed by atoms with Crippen molar-refractivity contribution in [1.29, 1.82) is 0 Å². The molecule has 2 aromatic carbocycles. The summed E-state index contributed by atoms with van der Waals surface area (Å²) in [5, 5.41) is 5.68. The van der Waals surface area contributed by atoms with E-state index >= 15 is 0 Å². The molecule has 0 aliphatic heterocycles. The Kier molecular flexibility index (Phi) is 4.05. The number of hydrogen-bond acceptors (Lipinski definition) is 3. The second-order valence-electron chi connectivity index (χ2n) is 5.74. The molecule has 0 unspecified atom stereocenters. The van der Waals surface area contributed by atoms with E-state index in [-0.39, 0.29) is 0 Å². The molecule has 3 nitrogen and oxygen atoms in total. The van der Waals surface area contributed by atoms with Crippen LogP contribution in [0.3, 0.4) is 0 Å². The molecule has 4 heteroatoms. The quantitative estimate of drug-likeness (QED) is 0.493. The van der Waals surface area contributed by atoms with E-state index in [1.165, 1.54) is 11.1 Å². The van der Waals surface area contributed by atoms with Crippen LogP contribution in [0.5, 0.6) is 0 Å². The number of fused-ring (bicyclic) bond motifs is 1. The van der Waals surface area contributed by atoms with Crippen LogP contribution >= 0.6 is 11.8 Å². The van der Waals surface area contributed by atoms with Crippen LogP contribution in [0, 0.1) is 6.92 Å². The van der Waals surface area contributed by atoms with Gasteiger partial charge >= 0.3 is 0 Å². The van der Waals surface area contributed by atoms with Gasteiger partial charge in [0.05, 0.1) is 11.2 Å². The van der Waals surface area contributed by atoms with Gasteiger partial charge < -0.3 is 0 Å². The second kappa shape index (κ2) is 6.49. The fraction of sp³-hybridized carbons (Fsp3) is 0.100. The lowest BCUT2D eigenvalue weighted by Gasteiger charge is -2.04. The SMILES string of the molecule is Cc1cccc(CSc2nccn3nc(-c4ccccc4)cc23)c1. The van der Waals surface area contributed by atoms with Gasteiger partial charge in [0.25, 0.3) is 0 Å². The Morgan fingerprint density at radius 1 is 1.00 bits per heavy atom. The lowest BCUT2D eigenvalue weighted by atomic mass is 10.1. The minimum atomic E-state index is 0.903. The van der Waals surface area contributed by atoms with Gasteiger partial charge in [0, 0.05) is 23.7 Å². The van der Waals surface area contributed by atoms with E-state index in [9.17, 15) is 0 Å². The maximum absolute atomic E-state index is 4.68. The number of rotatable bonds is 4. The monoisotopic (exact) mass is 331 g/mol. The Morgan fingerprint density at radius 3 is 2.71 bits per heavy atom. The summed E-state index contributed by atoms with van der Waals surface area (Å²) in [6, 6.07) is 21.0. The number of aryl methyl sites for hydroxylation is 1. The minimum Gasteiger partial charge on any atom is -0.246 e. The molecule has 2 aromatic heterocycles. The van der Waals surface area contributed by atoms with E-state index in [1.807, 2.05) is 35.1 Å². The average molecular weight is 331 g/mol. The molecule has 118 valence electrons. The Hall–Kier alpha value is -2.59. The molecular formula is C20H17N3S. The van der Waals surface area contributed by atoms with Gasteiger partial charge in [-0.25, -0.2) is 9.50 Å². The molecule has 2 heterocycles. The maximum atomic E-state index is 4.68. The van der Waals surface area contributed by atoms with E-state index in [0.717, 1.165) is 27.6 Å². The third-order valence-electron chi connectivity index (χ3n) is 3.88. The highest BCUT2D eigenvalue weighted by Gasteiger charge is 2.09. The molecule has 24 heavy (non-hydrogen) atoms. The number of nitrogens with zero attached hydrogens (tertiary/aromatic N) is 3. The van der Waals surface area contributed by atoms with Gasteiger partial charge in [0.15, 0.2) is 0 Å². The summed E-state index contributed by atoms with van der Waals surface area (Å²) in [4.78, 5) is 4.55. The van der Waals surface area contributed by atoms with Gasteiger partial charge in [-0.05, 0) is 18.6 Å². The summed E-state index contributed by atoms with van der Waals surface area (Å²) in [6.45, 7) is 2.12. The van der Waals surface area contributed by atoms with E-state index in [0.29, 0.717) is 0 Å². The summed E-state index contributed by atoms with van der Waals surface area (Å²) in [5.41, 5.74) is 5.74. The first-order chi connectivity index (χ1) is 11.8. The van der Waals surface area contributed by atoms with Crippen LogP contribution < -0.4 is 0 Å². The summed E-state index contributed by atoms with van der Waals surface area (Å²) in [6.07, 6.45) is 3.71. The average Bonchev–Trinajstić information content (AvgIpc) is 3.06. The van der Waals surface area contributed by atoms with Crippen LogP contribution in [0.15, 0.2) is 78.1 Å². The van der Waals surface area contributed by atoms with Crippen molar-refractivity contribution in [3.8, 4) is 11.3 Å². The van der Waals surface area contributed by atoms with Gasteiger partial charge in [0.2, 0.25) is 0 Å². The molecule has 4 aromatic rings. The molecule has 0 saturated carbocycles. The fourth-order valence-electron chi connectivity index (χ4n) is 2.71. The van der Waals surface area contributed by atoms with Crippen LogP contribution in [-0.2, 0) is 5.75 Å². The Bertz CT molecular complexity index is 977. The number of benzene rings is 2. The Labute approximate surface area is 145 Å². The molecule has 0 bridgehead atoms. The van der Waals surface area contributed by atoms with Crippen molar-refractivity contribution in [3.63, 3.8) is 0 Å². The van der Waals surface area contributed by atoms with E-state index in [2.05, 4.69) is 59.5 Å². The normalized spacial score (nSPS) is 11.0. The lowest BCUT2D eigenvalue weighted by molar-refractivity contribution is 0.920. The molecular weight excluding hydrogens is 314 g/mol. The minimum absolute atomic E-state index is 0.903. The molecule has 0 N–H and O–H groups in total. The molecule has 0 radical (unpaired) electrons. The zero-order chi connectivity index (χ0) is 16.4. The van der Waals surface area contributed by atoms with Crippen molar-refractivity contribution in [3.05, 3.63) is 84.2 Å². The van der Waals surface area contributed by atoms with E-state index < -0.39 is 0 Å². The first-order valence-corrected chi connectivity index (χ1v) is 8.86. The van der Waals surface area contributed by atoms with Crippen molar-refractivity contribution in [2.24, 2.45) is 0 Å². The zero-order valence-electron chi connectivity index (χ0n) is 13.4. The van der Waals surface area contributed by atoms with Crippen molar-refractivity contribution in [1.82, 2.24) is 14.6 Å². The summed E-state index contributed by atoms with van der Waals surface area (Å²) < 4.78 is 1.91. The molecule has 0 fully saturated rings. The van der Waals surface area contributed by atoms with Crippen LogP contribution in [-0.4, -0.2) is 14.6 Å². The number of aromatic nitrogens is 3. The van der Waals surface area contributed by atoms with Gasteiger partial charge in [-0.15, -0.1) is 0 Å². The van der Waals surface area contributed by atoms with Gasteiger partial charge in [-0.2, -0.15) is 5.10 Å². The Morgan fingerprint density at radius 2 is 1.88 bits per heavy atom. The predicted octanol–water partition coefficient (Wildman–Crippen LogP) is 5.00. The van der Waals surface area contributed by atoms with Crippen molar-refractivity contribution >= 4 is 17.3 Å². The first-order valence-electron chi connectivity index (χ1n) is 7.88.